The van der Waals surface area contributed by atoms with Crippen molar-refractivity contribution in [2.75, 3.05) is 11.5 Å². The minimum atomic E-state index is -0.262. The first kappa shape index (κ1) is 18.3. The van der Waals surface area contributed by atoms with Crippen molar-refractivity contribution in [3.05, 3.63) is 88.7 Å². The molecule has 1 atom stereocenters. The molecule has 1 unspecified atom stereocenters. The lowest BCUT2D eigenvalue weighted by molar-refractivity contribution is -0.138. The summed E-state index contributed by atoms with van der Waals surface area (Å²) < 4.78 is 5.39. The van der Waals surface area contributed by atoms with Crippen molar-refractivity contribution in [3.63, 3.8) is 0 Å². The highest BCUT2D eigenvalue weighted by atomic mass is 35.5. The van der Waals surface area contributed by atoms with Gasteiger partial charge in [-0.25, -0.2) is 4.79 Å². The van der Waals surface area contributed by atoms with Crippen molar-refractivity contribution < 1.29 is 9.53 Å². The normalized spacial score (nSPS) is 16.7. The molecule has 3 rings (SSSR count). The summed E-state index contributed by atoms with van der Waals surface area (Å²) in [5, 5.41) is 0.685. The summed E-state index contributed by atoms with van der Waals surface area (Å²) in [6.45, 7) is 4.24. The fourth-order valence-electron chi connectivity index (χ4n) is 3.26. The highest BCUT2D eigenvalue weighted by Crippen LogP contribution is 2.38. The second kappa shape index (κ2) is 8.24. The van der Waals surface area contributed by atoms with Crippen LogP contribution in [0.5, 0.6) is 0 Å². The molecule has 134 valence electrons. The van der Waals surface area contributed by atoms with Crippen LogP contribution in [0, 0.1) is 0 Å². The van der Waals surface area contributed by atoms with Gasteiger partial charge in [0, 0.05) is 28.5 Å². The lowest BCUT2D eigenvalue weighted by Crippen LogP contribution is -2.27. The Hall–Kier alpha value is -2.52. The predicted octanol–water partition coefficient (Wildman–Crippen LogP) is 5.68. The lowest BCUT2D eigenvalue weighted by atomic mass is 9.86. The molecule has 26 heavy (non-hydrogen) atoms. The molecule has 1 heterocycles. The molecule has 3 nitrogen and oxygen atoms in total. The van der Waals surface area contributed by atoms with Crippen molar-refractivity contribution >= 4 is 23.3 Å². The number of benzene rings is 2. The van der Waals surface area contributed by atoms with E-state index in [1.807, 2.05) is 72.6 Å². The van der Waals surface area contributed by atoms with Crippen molar-refractivity contribution in [3.8, 4) is 0 Å². The van der Waals surface area contributed by atoms with E-state index in [-0.39, 0.29) is 11.9 Å². The van der Waals surface area contributed by atoms with Gasteiger partial charge in [0.05, 0.1) is 12.2 Å². The maximum atomic E-state index is 12.8. The van der Waals surface area contributed by atoms with Gasteiger partial charge in [0.1, 0.15) is 0 Å². The Labute approximate surface area is 159 Å². The molecular formula is C22H22ClNO2. The summed E-state index contributed by atoms with van der Waals surface area (Å²) in [4.78, 5) is 14.9. The molecule has 0 aromatic heterocycles. The van der Waals surface area contributed by atoms with E-state index >= 15 is 0 Å². The molecule has 0 saturated heterocycles. The van der Waals surface area contributed by atoms with Crippen LogP contribution in [0.4, 0.5) is 5.69 Å². The summed E-state index contributed by atoms with van der Waals surface area (Å²) in [7, 11) is 0. The third-order valence-electron chi connectivity index (χ3n) is 4.43. The molecule has 2 aromatic rings. The first-order chi connectivity index (χ1) is 12.7. The van der Waals surface area contributed by atoms with Crippen LogP contribution in [0.3, 0.4) is 0 Å². The Balaban J connectivity index is 2.10. The summed E-state index contributed by atoms with van der Waals surface area (Å²) in [5.74, 6) is -0.379. The number of hydrogen-bond acceptors (Lipinski definition) is 3. The standard InChI is InChI=1S/C22H22ClNO2/c1-3-20-21(22(25)26-4-2)19(16-8-6-5-7-9-16)14-15-24(20)18-12-10-17(23)11-13-18/h5-15,19H,3-4H2,1-2H3. The van der Waals surface area contributed by atoms with Gasteiger partial charge in [0.15, 0.2) is 0 Å². The number of allylic oxidation sites excluding steroid dienone is 2. The topological polar surface area (TPSA) is 29.5 Å². The van der Waals surface area contributed by atoms with Crippen LogP contribution in [-0.2, 0) is 9.53 Å². The average Bonchev–Trinajstić information content (AvgIpc) is 2.68. The monoisotopic (exact) mass is 367 g/mol. The third kappa shape index (κ3) is 3.68. The van der Waals surface area contributed by atoms with Gasteiger partial charge in [-0.3, -0.25) is 0 Å². The molecule has 1 aliphatic heterocycles. The number of esters is 1. The number of hydrogen-bond donors (Lipinski definition) is 0. The van der Waals surface area contributed by atoms with Crippen molar-refractivity contribution in [2.24, 2.45) is 0 Å². The maximum absolute atomic E-state index is 12.8. The first-order valence-electron chi connectivity index (χ1n) is 8.84. The van der Waals surface area contributed by atoms with Gasteiger partial charge in [-0.2, -0.15) is 0 Å². The number of carbonyl (C=O) groups excluding carboxylic acids is 1. The van der Waals surface area contributed by atoms with E-state index in [0.717, 1.165) is 16.9 Å². The predicted molar refractivity (Wildman–Crippen MR) is 106 cm³/mol. The van der Waals surface area contributed by atoms with Gasteiger partial charge in [-0.15, -0.1) is 0 Å². The maximum Gasteiger partial charge on any atom is 0.336 e. The number of rotatable bonds is 5. The van der Waals surface area contributed by atoms with Crippen LogP contribution in [-0.4, -0.2) is 12.6 Å². The molecule has 2 aromatic carbocycles. The highest BCUT2D eigenvalue weighted by molar-refractivity contribution is 6.30. The number of halogens is 1. The summed E-state index contributed by atoms with van der Waals surface area (Å²) >= 11 is 6.02. The van der Waals surface area contributed by atoms with Gasteiger partial charge in [0.25, 0.3) is 0 Å². The molecule has 0 amide bonds. The average molecular weight is 368 g/mol. The second-order valence-electron chi connectivity index (χ2n) is 6.01. The summed E-state index contributed by atoms with van der Waals surface area (Å²) in [6.07, 6.45) is 4.79. The van der Waals surface area contributed by atoms with Crippen molar-refractivity contribution in [1.82, 2.24) is 0 Å². The minimum Gasteiger partial charge on any atom is -0.463 e. The smallest absolute Gasteiger partial charge is 0.336 e. The fraction of sp³-hybridized carbons (Fsp3) is 0.227. The number of ether oxygens (including phenoxy) is 1. The minimum absolute atomic E-state index is 0.117. The molecule has 0 bridgehead atoms. The van der Waals surface area contributed by atoms with Crippen LogP contribution in [0.1, 0.15) is 31.7 Å². The fourth-order valence-corrected chi connectivity index (χ4v) is 3.39. The van der Waals surface area contributed by atoms with Gasteiger partial charge in [-0.1, -0.05) is 54.9 Å². The Bertz CT molecular complexity index is 825. The van der Waals surface area contributed by atoms with Crippen LogP contribution < -0.4 is 4.90 Å². The van der Waals surface area contributed by atoms with Gasteiger partial charge >= 0.3 is 5.97 Å². The Morgan fingerprint density at radius 2 is 1.77 bits per heavy atom. The van der Waals surface area contributed by atoms with E-state index in [9.17, 15) is 4.79 Å². The largest absolute Gasteiger partial charge is 0.463 e. The van der Waals surface area contributed by atoms with E-state index < -0.39 is 0 Å². The first-order valence-corrected chi connectivity index (χ1v) is 9.21. The zero-order chi connectivity index (χ0) is 18.5. The van der Waals surface area contributed by atoms with E-state index in [0.29, 0.717) is 23.6 Å². The van der Waals surface area contributed by atoms with Crippen LogP contribution in [0.15, 0.2) is 78.1 Å². The lowest BCUT2D eigenvalue weighted by Gasteiger charge is -2.32. The summed E-state index contributed by atoms with van der Waals surface area (Å²) in [5.41, 5.74) is 3.68. The number of nitrogens with zero attached hydrogens (tertiary/aromatic N) is 1. The Morgan fingerprint density at radius 3 is 2.38 bits per heavy atom. The molecule has 0 N–H and O–H groups in total. The Morgan fingerprint density at radius 1 is 1.08 bits per heavy atom. The van der Waals surface area contributed by atoms with Crippen molar-refractivity contribution in [1.29, 1.82) is 0 Å². The second-order valence-corrected chi connectivity index (χ2v) is 6.45. The zero-order valence-electron chi connectivity index (χ0n) is 15.0. The molecule has 0 fully saturated rings. The van der Waals surface area contributed by atoms with Gasteiger partial charge in [0.2, 0.25) is 0 Å². The highest BCUT2D eigenvalue weighted by Gasteiger charge is 2.30. The molecule has 4 heteroatoms. The molecule has 0 spiro atoms. The zero-order valence-corrected chi connectivity index (χ0v) is 15.7. The number of carbonyl (C=O) groups is 1. The molecule has 1 aliphatic rings. The van der Waals surface area contributed by atoms with E-state index in [1.165, 1.54) is 0 Å². The van der Waals surface area contributed by atoms with Gasteiger partial charge < -0.3 is 9.64 Å². The van der Waals surface area contributed by atoms with E-state index in [2.05, 4.69) is 13.0 Å². The van der Waals surface area contributed by atoms with Crippen LogP contribution in [0.2, 0.25) is 5.02 Å². The molecular weight excluding hydrogens is 346 g/mol. The van der Waals surface area contributed by atoms with Crippen LogP contribution >= 0.6 is 11.6 Å². The molecule has 0 aliphatic carbocycles. The quantitative estimate of drug-likeness (QED) is 0.636. The van der Waals surface area contributed by atoms with Crippen LogP contribution in [0.25, 0.3) is 0 Å². The SMILES string of the molecule is CCOC(=O)C1=C(CC)N(c2ccc(Cl)cc2)C=CC1c1ccccc1. The third-order valence-corrected chi connectivity index (χ3v) is 4.69. The van der Waals surface area contributed by atoms with Gasteiger partial charge in [-0.05, 0) is 43.2 Å². The molecule has 0 radical (unpaired) electrons. The van der Waals surface area contributed by atoms with Crippen molar-refractivity contribution in [2.45, 2.75) is 26.2 Å². The Kier molecular flexibility index (Phi) is 5.79. The molecule has 0 saturated carbocycles. The van der Waals surface area contributed by atoms with E-state index in [4.69, 9.17) is 16.3 Å². The van der Waals surface area contributed by atoms with E-state index in [1.54, 1.807) is 0 Å². The number of anilines is 1. The summed E-state index contributed by atoms with van der Waals surface area (Å²) in [6, 6.07) is 17.6.